The van der Waals surface area contributed by atoms with Crippen molar-refractivity contribution >= 4 is 11.6 Å². The van der Waals surface area contributed by atoms with Gasteiger partial charge in [0.2, 0.25) is 0 Å². The Bertz CT molecular complexity index is 109. The van der Waals surface area contributed by atoms with E-state index in [1.165, 1.54) is 32.1 Å². The third-order valence-electron chi connectivity index (χ3n) is 2.89. The van der Waals surface area contributed by atoms with Crippen LogP contribution >= 0.6 is 11.6 Å². The Balaban J connectivity index is 2.07. The molecule has 0 aromatic rings. The summed E-state index contributed by atoms with van der Waals surface area (Å²) in [6.07, 6.45) is 7.06. The molecule has 3 atom stereocenters. The van der Waals surface area contributed by atoms with Gasteiger partial charge in [-0.25, -0.2) is 0 Å². The van der Waals surface area contributed by atoms with Crippen molar-refractivity contribution in [1.82, 2.24) is 0 Å². The van der Waals surface area contributed by atoms with E-state index >= 15 is 0 Å². The summed E-state index contributed by atoms with van der Waals surface area (Å²) in [6, 6.07) is 0. The van der Waals surface area contributed by atoms with Crippen molar-refractivity contribution in [2.75, 3.05) is 0 Å². The fourth-order valence-electron chi connectivity index (χ4n) is 2.39. The number of halogens is 1. The van der Waals surface area contributed by atoms with Gasteiger partial charge in [-0.05, 0) is 31.1 Å². The van der Waals surface area contributed by atoms with E-state index in [1.54, 1.807) is 0 Å². The summed E-state index contributed by atoms with van der Waals surface area (Å²) < 4.78 is 0. The zero-order valence-corrected chi connectivity index (χ0v) is 6.40. The van der Waals surface area contributed by atoms with Crippen LogP contribution < -0.4 is 0 Å². The second-order valence-electron chi connectivity index (χ2n) is 3.54. The molecule has 0 amide bonds. The van der Waals surface area contributed by atoms with E-state index in [4.69, 9.17) is 11.6 Å². The van der Waals surface area contributed by atoms with Crippen molar-refractivity contribution in [3.05, 3.63) is 0 Å². The lowest BCUT2D eigenvalue weighted by atomic mass is 9.89. The summed E-state index contributed by atoms with van der Waals surface area (Å²) >= 11 is 6.11. The Kier molecular flexibility index (Phi) is 1.45. The first kappa shape index (κ1) is 6.03. The second-order valence-corrected chi connectivity index (χ2v) is 4.10. The zero-order chi connectivity index (χ0) is 6.27. The average Bonchev–Trinajstić information content (AvgIpc) is 2.09. The van der Waals surface area contributed by atoms with Crippen molar-refractivity contribution < 1.29 is 0 Å². The number of alkyl halides is 1. The van der Waals surface area contributed by atoms with E-state index < -0.39 is 0 Å². The molecule has 0 spiro atoms. The molecule has 0 nitrogen and oxygen atoms in total. The Morgan fingerprint density at radius 3 is 2.67 bits per heavy atom. The summed E-state index contributed by atoms with van der Waals surface area (Å²) in [4.78, 5) is 0. The van der Waals surface area contributed by atoms with Crippen LogP contribution in [0, 0.1) is 11.8 Å². The van der Waals surface area contributed by atoms with Crippen molar-refractivity contribution in [2.24, 2.45) is 11.8 Å². The van der Waals surface area contributed by atoms with Gasteiger partial charge in [0.1, 0.15) is 0 Å². The third-order valence-corrected chi connectivity index (χ3v) is 3.43. The molecular formula is C8H13Cl. The lowest BCUT2D eigenvalue weighted by Gasteiger charge is -2.17. The van der Waals surface area contributed by atoms with Crippen molar-refractivity contribution in [1.29, 1.82) is 0 Å². The van der Waals surface area contributed by atoms with Gasteiger partial charge < -0.3 is 0 Å². The molecular weight excluding hydrogens is 132 g/mol. The average molecular weight is 145 g/mol. The van der Waals surface area contributed by atoms with Crippen LogP contribution in [0.1, 0.15) is 32.1 Å². The first-order valence-electron chi connectivity index (χ1n) is 4.00. The second kappa shape index (κ2) is 2.16. The molecule has 2 saturated carbocycles. The van der Waals surface area contributed by atoms with Gasteiger partial charge in [-0.2, -0.15) is 0 Å². The smallest absolute Gasteiger partial charge is 0.0367 e. The van der Waals surface area contributed by atoms with E-state index in [-0.39, 0.29) is 0 Å². The summed E-state index contributed by atoms with van der Waals surface area (Å²) in [6.45, 7) is 0. The molecule has 1 heteroatoms. The van der Waals surface area contributed by atoms with Gasteiger partial charge in [0.25, 0.3) is 0 Å². The highest BCUT2D eigenvalue weighted by Gasteiger charge is 2.35. The topological polar surface area (TPSA) is 0 Å². The molecule has 0 unspecified atom stereocenters. The van der Waals surface area contributed by atoms with E-state index in [2.05, 4.69) is 0 Å². The molecule has 2 fully saturated rings. The van der Waals surface area contributed by atoms with Gasteiger partial charge in [0, 0.05) is 5.38 Å². The highest BCUT2D eigenvalue weighted by atomic mass is 35.5. The van der Waals surface area contributed by atoms with Crippen molar-refractivity contribution in [3.8, 4) is 0 Å². The number of fused-ring (bicyclic) bond motifs is 2. The number of hydrogen-bond acceptors (Lipinski definition) is 0. The van der Waals surface area contributed by atoms with E-state index in [0.717, 1.165) is 11.8 Å². The SMILES string of the molecule is Cl[C@@H]1C[C@H]2CCC[C@@H]1C2. The Labute approximate surface area is 61.6 Å². The maximum absolute atomic E-state index is 6.11. The van der Waals surface area contributed by atoms with Crippen LogP contribution in [0.3, 0.4) is 0 Å². The Morgan fingerprint density at radius 1 is 1.11 bits per heavy atom. The van der Waals surface area contributed by atoms with Crippen LogP contribution in [-0.2, 0) is 0 Å². The number of rotatable bonds is 0. The molecule has 2 rings (SSSR count). The van der Waals surface area contributed by atoms with Gasteiger partial charge in [0.15, 0.2) is 0 Å². The standard InChI is InChI=1S/C8H13Cl/c9-8-5-6-2-1-3-7(8)4-6/h6-8H,1-5H2/t6-,7+,8+/m0/s1. The molecule has 2 bridgehead atoms. The monoisotopic (exact) mass is 144 g/mol. The van der Waals surface area contributed by atoms with Crippen molar-refractivity contribution in [2.45, 2.75) is 37.5 Å². The molecule has 2 aliphatic rings. The fraction of sp³-hybridized carbons (Fsp3) is 1.00. The Morgan fingerprint density at radius 2 is 2.00 bits per heavy atom. The van der Waals surface area contributed by atoms with E-state index in [0.29, 0.717) is 5.38 Å². The molecule has 0 aromatic heterocycles. The predicted octanol–water partition coefficient (Wildman–Crippen LogP) is 2.80. The van der Waals surface area contributed by atoms with Gasteiger partial charge >= 0.3 is 0 Å². The molecule has 9 heavy (non-hydrogen) atoms. The van der Waals surface area contributed by atoms with Crippen LogP contribution in [0.25, 0.3) is 0 Å². The fourth-order valence-corrected chi connectivity index (χ4v) is 2.87. The largest absolute Gasteiger partial charge is 0.123 e. The third kappa shape index (κ3) is 0.980. The van der Waals surface area contributed by atoms with Crippen LogP contribution in [0.4, 0.5) is 0 Å². The maximum atomic E-state index is 6.11. The minimum atomic E-state index is 0.539. The van der Waals surface area contributed by atoms with Gasteiger partial charge in [-0.1, -0.05) is 12.8 Å². The zero-order valence-electron chi connectivity index (χ0n) is 5.65. The Hall–Kier alpha value is 0.290. The quantitative estimate of drug-likeness (QED) is 0.459. The normalized spacial score (nSPS) is 49.7. The van der Waals surface area contributed by atoms with Gasteiger partial charge in [0.05, 0.1) is 0 Å². The van der Waals surface area contributed by atoms with Crippen molar-refractivity contribution in [3.63, 3.8) is 0 Å². The molecule has 0 aliphatic heterocycles. The minimum absolute atomic E-state index is 0.539. The lowest BCUT2D eigenvalue weighted by Crippen LogP contribution is -2.08. The number of hydrogen-bond donors (Lipinski definition) is 0. The molecule has 2 aliphatic carbocycles. The summed E-state index contributed by atoms with van der Waals surface area (Å²) in [5, 5.41) is 0.539. The lowest BCUT2D eigenvalue weighted by molar-refractivity contribution is 0.360. The van der Waals surface area contributed by atoms with Gasteiger partial charge in [-0.15, -0.1) is 11.6 Å². The summed E-state index contributed by atoms with van der Waals surface area (Å²) in [7, 11) is 0. The van der Waals surface area contributed by atoms with Crippen LogP contribution in [-0.4, -0.2) is 5.38 Å². The van der Waals surface area contributed by atoms with Crippen LogP contribution in [0.2, 0.25) is 0 Å². The minimum Gasteiger partial charge on any atom is -0.123 e. The van der Waals surface area contributed by atoms with Crippen LogP contribution in [0.15, 0.2) is 0 Å². The van der Waals surface area contributed by atoms with Crippen LogP contribution in [0.5, 0.6) is 0 Å². The first-order chi connectivity index (χ1) is 4.36. The highest BCUT2D eigenvalue weighted by molar-refractivity contribution is 6.21. The molecule has 0 N–H and O–H groups in total. The van der Waals surface area contributed by atoms with Gasteiger partial charge in [-0.3, -0.25) is 0 Å². The highest BCUT2D eigenvalue weighted by Crippen LogP contribution is 2.44. The molecule has 0 radical (unpaired) electrons. The molecule has 0 saturated heterocycles. The summed E-state index contributed by atoms with van der Waals surface area (Å²) in [5.74, 6) is 1.90. The summed E-state index contributed by atoms with van der Waals surface area (Å²) in [5.41, 5.74) is 0. The molecule has 0 heterocycles. The first-order valence-corrected chi connectivity index (χ1v) is 4.44. The maximum Gasteiger partial charge on any atom is 0.0367 e. The molecule has 52 valence electrons. The molecule has 0 aromatic carbocycles. The predicted molar refractivity (Wildman–Crippen MR) is 39.7 cm³/mol. The van der Waals surface area contributed by atoms with E-state index in [9.17, 15) is 0 Å². The van der Waals surface area contributed by atoms with E-state index in [1.807, 2.05) is 0 Å².